The van der Waals surface area contributed by atoms with Crippen molar-refractivity contribution < 1.29 is 23.7 Å². The van der Waals surface area contributed by atoms with Crippen LogP contribution in [0.5, 0.6) is 0 Å². The summed E-state index contributed by atoms with van der Waals surface area (Å²) >= 11 is 0. The normalized spacial score (nSPS) is 45.3. The lowest BCUT2D eigenvalue weighted by Gasteiger charge is -2.31. The molecule has 6 heteroatoms. The second-order valence-corrected chi connectivity index (χ2v) is 3.83. The van der Waals surface area contributed by atoms with E-state index in [1.54, 1.807) is 14.2 Å². The molecule has 0 spiro atoms. The van der Waals surface area contributed by atoms with Crippen LogP contribution in [0, 0.1) is 0 Å². The Bertz CT molecular complexity index is 227. The molecule has 2 rings (SSSR count). The fourth-order valence-electron chi connectivity index (χ4n) is 2.27. The molecular weight excluding hydrogens is 199 g/mol. The molecule has 5 nitrogen and oxygen atoms in total. The maximum absolute atomic E-state index is 5.83. The zero-order valence-electron chi connectivity index (χ0n) is 8.97. The number of rotatable bonds is 3. The van der Waals surface area contributed by atoms with E-state index in [4.69, 9.17) is 31.5 Å². The number of methoxy groups -OCH3 is 2. The van der Waals surface area contributed by atoms with Crippen molar-refractivity contribution in [2.75, 3.05) is 34.2 Å². The van der Waals surface area contributed by atoms with Gasteiger partial charge in [0.15, 0.2) is 0 Å². The molecule has 15 heavy (non-hydrogen) atoms. The lowest BCUT2D eigenvalue weighted by atomic mass is 9.89. The fraction of sp³-hybridized carbons (Fsp3) is 1.00. The van der Waals surface area contributed by atoms with E-state index in [9.17, 15) is 0 Å². The van der Waals surface area contributed by atoms with Crippen molar-refractivity contribution in [2.45, 2.75) is 23.8 Å². The van der Waals surface area contributed by atoms with Crippen molar-refractivity contribution in [1.82, 2.24) is 0 Å². The minimum atomic E-state index is -0.649. The Morgan fingerprint density at radius 1 is 1.47 bits per heavy atom. The van der Waals surface area contributed by atoms with Crippen molar-refractivity contribution >= 4 is 7.85 Å². The molecule has 4 unspecified atom stereocenters. The van der Waals surface area contributed by atoms with Gasteiger partial charge in [-0.2, -0.15) is 0 Å². The van der Waals surface area contributed by atoms with E-state index in [-0.39, 0.29) is 19.0 Å². The van der Waals surface area contributed by atoms with E-state index in [2.05, 4.69) is 0 Å². The summed E-state index contributed by atoms with van der Waals surface area (Å²) in [7, 11) is 9.05. The first kappa shape index (κ1) is 11.4. The lowest BCUT2D eigenvalue weighted by molar-refractivity contribution is -0.167. The molecule has 84 valence electrons. The van der Waals surface area contributed by atoms with Crippen LogP contribution >= 0.6 is 0 Å². The predicted octanol–water partition coefficient (Wildman–Crippen LogP) is -0.716. The van der Waals surface area contributed by atoms with Crippen LogP contribution in [0.1, 0.15) is 0 Å². The molecule has 0 amide bonds. The molecule has 0 aromatic rings. The number of hydrogen-bond donors (Lipinski definition) is 0. The standard InChI is InChI=1S/C9H15BO5/c1-11-3-9-4-13-5-14-6(7(9)12-2)8(10)15-9/h6-8H,3-5H2,1-2H3. The molecule has 0 saturated carbocycles. The Balaban J connectivity index is 2.23. The summed E-state index contributed by atoms with van der Waals surface area (Å²) in [6.45, 7) is 0.954. The summed E-state index contributed by atoms with van der Waals surface area (Å²) in [5.41, 5.74) is -0.649. The zero-order chi connectivity index (χ0) is 10.9. The Morgan fingerprint density at radius 2 is 2.27 bits per heavy atom. The molecule has 2 bridgehead atoms. The van der Waals surface area contributed by atoms with Gasteiger partial charge in [-0.3, -0.25) is 0 Å². The quantitative estimate of drug-likeness (QED) is 0.580. The van der Waals surface area contributed by atoms with E-state index in [1.165, 1.54) is 0 Å². The molecule has 0 aromatic carbocycles. The van der Waals surface area contributed by atoms with Crippen molar-refractivity contribution in [3.63, 3.8) is 0 Å². The average molecular weight is 214 g/mol. The number of ether oxygens (including phenoxy) is 5. The second-order valence-electron chi connectivity index (χ2n) is 3.83. The van der Waals surface area contributed by atoms with Crippen LogP contribution in [0.3, 0.4) is 0 Å². The van der Waals surface area contributed by atoms with Gasteiger partial charge in [0, 0.05) is 20.2 Å². The summed E-state index contributed by atoms with van der Waals surface area (Å²) in [5.74, 6) is 0. The zero-order valence-corrected chi connectivity index (χ0v) is 8.97. The first-order valence-corrected chi connectivity index (χ1v) is 4.88. The van der Waals surface area contributed by atoms with Crippen LogP contribution < -0.4 is 0 Å². The highest BCUT2D eigenvalue weighted by molar-refractivity contribution is 6.11. The van der Waals surface area contributed by atoms with Crippen LogP contribution in [0.2, 0.25) is 0 Å². The minimum Gasteiger partial charge on any atom is -0.381 e. The third-order valence-corrected chi connectivity index (χ3v) is 2.84. The second kappa shape index (κ2) is 4.39. The topological polar surface area (TPSA) is 46.2 Å². The van der Waals surface area contributed by atoms with Gasteiger partial charge in [0.05, 0.1) is 13.2 Å². The molecule has 0 N–H and O–H groups in total. The van der Waals surface area contributed by atoms with Gasteiger partial charge in [-0.1, -0.05) is 0 Å². The van der Waals surface area contributed by atoms with Gasteiger partial charge < -0.3 is 23.7 Å². The van der Waals surface area contributed by atoms with Crippen LogP contribution in [0.25, 0.3) is 0 Å². The highest BCUT2D eigenvalue weighted by atomic mass is 16.7. The fourth-order valence-corrected chi connectivity index (χ4v) is 2.27. The van der Waals surface area contributed by atoms with E-state index in [0.717, 1.165) is 0 Å². The van der Waals surface area contributed by atoms with Crippen molar-refractivity contribution in [1.29, 1.82) is 0 Å². The summed E-state index contributed by atoms with van der Waals surface area (Å²) < 4.78 is 26.9. The van der Waals surface area contributed by atoms with Crippen LogP contribution in [0.4, 0.5) is 0 Å². The Labute approximate surface area is 90.4 Å². The molecule has 0 aromatic heterocycles. The highest BCUT2D eigenvalue weighted by Crippen LogP contribution is 2.36. The van der Waals surface area contributed by atoms with E-state index < -0.39 is 11.6 Å². The maximum atomic E-state index is 5.83. The molecule has 2 aliphatic heterocycles. The van der Waals surface area contributed by atoms with Gasteiger partial charge in [0.1, 0.15) is 32.4 Å². The van der Waals surface area contributed by atoms with E-state index >= 15 is 0 Å². The summed E-state index contributed by atoms with van der Waals surface area (Å²) in [6, 6.07) is -0.492. The van der Waals surface area contributed by atoms with Gasteiger partial charge in [-0.25, -0.2) is 0 Å². The van der Waals surface area contributed by atoms with Crippen molar-refractivity contribution in [3.05, 3.63) is 0 Å². The van der Waals surface area contributed by atoms with Gasteiger partial charge in [-0.15, -0.1) is 0 Å². The van der Waals surface area contributed by atoms with Crippen molar-refractivity contribution in [3.8, 4) is 0 Å². The molecular formula is C9H15BO5. The monoisotopic (exact) mass is 214 g/mol. The molecule has 2 heterocycles. The predicted molar refractivity (Wildman–Crippen MR) is 51.7 cm³/mol. The Morgan fingerprint density at radius 3 is 2.93 bits per heavy atom. The largest absolute Gasteiger partial charge is 0.381 e. The molecule has 0 aliphatic carbocycles. The van der Waals surface area contributed by atoms with Crippen LogP contribution in [-0.2, 0) is 23.7 Å². The Hall–Kier alpha value is -0.135. The minimum absolute atomic E-state index is 0.215. The SMILES string of the molecule is [B]C1OC2(COC)COCOC1C2OC. The lowest BCUT2D eigenvalue weighted by Crippen LogP contribution is -2.50. The average Bonchev–Trinajstić information content (AvgIpc) is 2.35. The molecule has 2 radical (unpaired) electrons. The highest BCUT2D eigenvalue weighted by Gasteiger charge is 2.56. The third-order valence-electron chi connectivity index (χ3n) is 2.84. The van der Waals surface area contributed by atoms with Gasteiger partial charge >= 0.3 is 0 Å². The molecule has 4 atom stereocenters. The number of hydrogen-bond acceptors (Lipinski definition) is 5. The van der Waals surface area contributed by atoms with Gasteiger partial charge in [0.25, 0.3) is 0 Å². The Kier molecular flexibility index (Phi) is 3.32. The van der Waals surface area contributed by atoms with Gasteiger partial charge in [0.2, 0.25) is 0 Å². The van der Waals surface area contributed by atoms with Crippen LogP contribution in [0.15, 0.2) is 0 Å². The smallest absolute Gasteiger partial charge is 0.147 e. The molecule has 2 aliphatic rings. The number of fused-ring (bicyclic) bond motifs is 2. The summed E-state index contributed by atoms with van der Waals surface area (Å²) in [4.78, 5) is 0. The summed E-state index contributed by atoms with van der Waals surface area (Å²) in [6.07, 6.45) is -0.553. The van der Waals surface area contributed by atoms with E-state index in [0.29, 0.717) is 13.2 Å². The summed E-state index contributed by atoms with van der Waals surface area (Å²) in [5, 5.41) is 0. The van der Waals surface area contributed by atoms with Crippen molar-refractivity contribution in [2.24, 2.45) is 0 Å². The third kappa shape index (κ3) is 1.81. The maximum Gasteiger partial charge on any atom is 0.147 e. The molecule has 2 fully saturated rings. The first-order chi connectivity index (χ1) is 7.23. The van der Waals surface area contributed by atoms with Gasteiger partial charge in [-0.05, 0) is 0 Å². The molecule has 2 saturated heterocycles. The van der Waals surface area contributed by atoms with Crippen LogP contribution in [-0.4, -0.2) is 65.9 Å². The van der Waals surface area contributed by atoms with E-state index in [1.807, 2.05) is 0 Å². The first-order valence-electron chi connectivity index (χ1n) is 4.88.